The zero-order chi connectivity index (χ0) is 37.7. The minimum absolute atomic E-state index is 0.363. The van der Waals surface area contributed by atoms with Gasteiger partial charge in [-0.15, -0.1) is 0 Å². The number of aliphatic imine (C=N–C) groups is 2. The van der Waals surface area contributed by atoms with Crippen LogP contribution in [0.2, 0.25) is 0 Å². The number of para-hydroxylation sites is 2. The SMILES string of the molecule is c1ccc(C2=NC(c3cccc(-n4c5ccccc5c5ccccc54)c3)NC(c3ccc4c(ccc5nc(-c6ccccc6)cc(-c6ccccc6)c54)c3)=N2)cc1. The predicted molar refractivity (Wildman–Crippen MR) is 236 cm³/mol. The molecule has 11 rings (SSSR count). The summed E-state index contributed by atoms with van der Waals surface area (Å²) in [6.07, 6.45) is -0.363. The van der Waals surface area contributed by atoms with Gasteiger partial charge in [0.05, 0.1) is 22.2 Å². The molecule has 1 unspecified atom stereocenters. The van der Waals surface area contributed by atoms with Crippen LogP contribution in [0, 0.1) is 0 Å². The average molecular weight is 730 g/mol. The molecule has 0 saturated carbocycles. The molecule has 5 nitrogen and oxygen atoms in total. The lowest BCUT2D eigenvalue weighted by Gasteiger charge is -2.24. The van der Waals surface area contributed by atoms with Gasteiger partial charge in [0.25, 0.3) is 0 Å². The molecule has 0 bridgehead atoms. The van der Waals surface area contributed by atoms with Crippen LogP contribution in [-0.4, -0.2) is 21.2 Å². The van der Waals surface area contributed by atoms with Gasteiger partial charge >= 0.3 is 0 Å². The van der Waals surface area contributed by atoms with Crippen molar-refractivity contribution in [2.45, 2.75) is 6.17 Å². The van der Waals surface area contributed by atoms with Crippen molar-refractivity contribution in [3.05, 3.63) is 217 Å². The van der Waals surface area contributed by atoms with E-state index in [1.165, 1.54) is 21.8 Å². The Morgan fingerprint density at radius 1 is 0.474 bits per heavy atom. The van der Waals surface area contributed by atoms with Gasteiger partial charge in [0.1, 0.15) is 12.0 Å². The molecule has 2 aromatic heterocycles. The highest BCUT2D eigenvalue weighted by atomic mass is 15.2. The van der Waals surface area contributed by atoms with Crippen molar-refractivity contribution in [2.24, 2.45) is 9.98 Å². The van der Waals surface area contributed by atoms with Crippen molar-refractivity contribution >= 4 is 55.2 Å². The van der Waals surface area contributed by atoms with E-state index in [0.29, 0.717) is 5.84 Å². The van der Waals surface area contributed by atoms with Gasteiger partial charge in [0.2, 0.25) is 0 Å². The van der Waals surface area contributed by atoms with Crippen molar-refractivity contribution in [2.75, 3.05) is 0 Å². The summed E-state index contributed by atoms with van der Waals surface area (Å²) in [6.45, 7) is 0. The van der Waals surface area contributed by atoms with Crippen molar-refractivity contribution in [3.63, 3.8) is 0 Å². The van der Waals surface area contributed by atoms with Gasteiger partial charge in [-0.3, -0.25) is 0 Å². The summed E-state index contributed by atoms with van der Waals surface area (Å²) in [4.78, 5) is 15.6. The number of pyridine rings is 1. The van der Waals surface area contributed by atoms with Gasteiger partial charge in [-0.05, 0) is 69.9 Å². The lowest BCUT2D eigenvalue weighted by atomic mass is 9.93. The van der Waals surface area contributed by atoms with Crippen LogP contribution in [0.3, 0.4) is 0 Å². The first-order valence-electron chi connectivity index (χ1n) is 19.3. The molecule has 1 N–H and O–H groups in total. The second-order valence-corrected chi connectivity index (χ2v) is 14.5. The first-order chi connectivity index (χ1) is 28.2. The molecule has 0 saturated heterocycles. The van der Waals surface area contributed by atoms with E-state index in [4.69, 9.17) is 15.0 Å². The largest absolute Gasteiger partial charge is 0.344 e. The molecule has 1 aliphatic rings. The quantitative estimate of drug-likeness (QED) is 0.173. The molecule has 0 aliphatic carbocycles. The third kappa shape index (κ3) is 5.76. The third-order valence-corrected chi connectivity index (χ3v) is 11.0. The fraction of sp³-hybridized carbons (Fsp3) is 0.0192. The van der Waals surface area contributed by atoms with E-state index in [-0.39, 0.29) is 6.17 Å². The minimum atomic E-state index is -0.363. The number of hydrogen-bond donors (Lipinski definition) is 1. The number of aromatic nitrogens is 2. The molecule has 268 valence electrons. The lowest BCUT2D eigenvalue weighted by molar-refractivity contribution is 0.674. The van der Waals surface area contributed by atoms with Crippen LogP contribution in [-0.2, 0) is 0 Å². The van der Waals surface area contributed by atoms with Gasteiger partial charge in [-0.25, -0.2) is 15.0 Å². The highest BCUT2D eigenvalue weighted by Crippen LogP contribution is 2.38. The van der Waals surface area contributed by atoms with E-state index < -0.39 is 0 Å². The van der Waals surface area contributed by atoms with Gasteiger partial charge in [-0.2, -0.15) is 0 Å². The summed E-state index contributed by atoms with van der Waals surface area (Å²) in [5, 5.41) is 9.61. The molecule has 1 aliphatic heterocycles. The van der Waals surface area contributed by atoms with E-state index in [2.05, 4.69) is 186 Å². The first kappa shape index (κ1) is 32.8. The second-order valence-electron chi connectivity index (χ2n) is 14.5. The maximum Gasteiger partial charge on any atom is 0.159 e. The topological polar surface area (TPSA) is 54.6 Å². The molecule has 5 heteroatoms. The van der Waals surface area contributed by atoms with Crippen LogP contribution in [0.1, 0.15) is 22.9 Å². The number of nitrogens with one attached hydrogen (secondary N) is 1. The highest BCUT2D eigenvalue weighted by Gasteiger charge is 2.23. The molecular formula is C52H35N5. The van der Waals surface area contributed by atoms with Crippen molar-refractivity contribution < 1.29 is 0 Å². The molecular weight excluding hydrogens is 695 g/mol. The van der Waals surface area contributed by atoms with E-state index in [1.807, 2.05) is 24.3 Å². The summed E-state index contributed by atoms with van der Waals surface area (Å²) in [5.41, 5.74) is 11.8. The summed E-state index contributed by atoms with van der Waals surface area (Å²) in [7, 11) is 0. The zero-order valence-corrected chi connectivity index (χ0v) is 30.9. The van der Waals surface area contributed by atoms with Gasteiger partial charge in [0, 0.05) is 38.5 Å². The van der Waals surface area contributed by atoms with Crippen molar-refractivity contribution in [1.29, 1.82) is 0 Å². The molecule has 10 aromatic rings. The molecule has 0 radical (unpaired) electrons. The Labute approximate surface area is 330 Å². The molecule has 57 heavy (non-hydrogen) atoms. The highest BCUT2D eigenvalue weighted by molar-refractivity contribution is 6.17. The summed E-state index contributed by atoms with van der Waals surface area (Å²) < 4.78 is 2.35. The van der Waals surface area contributed by atoms with Crippen molar-refractivity contribution in [1.82, 2.24) is 14.9 Å². The van der Waals surface area contributed by atoms with Gasteiger partial charge in [0.15, 0.2) is 5.84 Å². The normalized spacial score (nSPS) is 14.1. The Morgan fingerprint density at radius 3 is 1.84 bits per heavy atom. The number of hydrogen-bond acceptors (Lipinski definition) is 4. The smallest absolute Gasteiger partial charge is 0.159 e. The Balaban J connectivity index is 1.03. The van der Waals surface area contributed by atoms with E-state index >= 15 is 0 Å². The van der Waals surface area contributed by atoms with Crippen LogP contribution in [0.25, 0.3) is 71.6 Å². The summed E-state index contributed by atoms with van der Waals surface area (Å²) in [5.74, 6) is 1.47. The van der Waals surface area contributed by atoms with E-state index in [1.54, 1.807) is 0 Å². The van der Waals surface area contributed by atoms with Gasteiger partial charge < -0.3 is 9.88 Å². The van der Waals surface area contributed by atoms with E-state index in [9.17, 15) is 0 Å². The monoisotopic (exact) mass is 729 g/mol. The lowest BCUT2D eigenvalue weighted by Crippen LogP contribution is -2.33. The summed E-state index contributed by atoms with van der Waals surface area (Å²) in [6, 6.07) is 70.4. The fourth-order valence-corrected chi connectivity index (χ4v) is 8.33. The number of amidine groups is 2. The second kappa shape index (κ2) is 13.6. The average Bonchev–Trinajstić information content (AvgIpc) is 3.63. The molecule has 0 fully saturated rings. The fourth-order valence-electron chi connectivity index (χ4n) is 8.33. The molecule has 0 spiro atoms. The Bertz CT molecular complexity index is 3150. The molecule has 8 aromatic carbocycles. The standard InChI is InChI=1S/C52H35N5/c1-4-15-34(16-5-1)44-33-46(35-17-6-2-7-18-35)53-45-30-28-37-31-39(27-29-41(37)49(44)45)52-55-50(36-19-8-3-9-20-36)54-51(56-52)38-21-14-22-40(32-38)57-47-25-12-10-23-42(47)43-24-11-13-26-48(43)57/h1-33,51H,(H,54,55,56). The van der Waals surface area contributed by atoms with E-state index in [0.717, 1.165) is 72.3 Å². The van der Waals surface area contributed by atoms with Crippen molar-refractivity contribution in [3.8, 4) is 28.1 Å². The maximum atomic E-state index is 5.23. The summed E-state index contributed by atoms with van der Waals surface area (Å²) >= 11 is 0. The Kier molecular flexibility index (Phi) is 7.81. The first-order valence-corrected chi connectivity index (χ1v) is 19.3. The molecule has 3 heterocycles. The number of benzene rings is 8. The zero-order valence-electron chi connectivity index (χ0n) is 30.9. The van der Waals surface area contributed by atoms with Gasteiger partial charge in [-0.1, -0.05) is 158 Å². The van der Waals surface area contributed by atoms with Crippen LogP contribution >= 0.6 is 0 Å². The third-order valence-electron chi connectivity index (χ3n) is 11.0. The maximum absolute atomic E-state index is 5.23. The minimum Gasteiger partial charge on any atom is -0.344 e. The van der Waals surface area contributed by atoms with Crippen LogP contribution in [0.5, 0.6) is 0 Å². The Hall–Kier alpha value is -7.63. The predicted octanol–water partition coefficient (Wildman–Crippen LogP) is 12.3. The Morgan fingerprint density at radius 2 is 1.12 bits per heavy atom. The number of nitrogens with zero attached hydrogens (tertiary/aromatic N) is 4. The molecule has 0 amide bonds. The van der Waals surface area contributed by atoms with Crippen LogP contribution in [0.15, 0.2) is 210 Å². The molecule has 1 atom stereocenters. The van der Waals surface area contributed by atoms with Crippen LogP contribution < -0.4 is 5.32 Å². The number of fused-ring (bicyclic) bond motifs is 6. The van der Waals surface area contributed by atoms with Crippen LogP contribution in [0.4, 0.5) is 0 Å². The number of rotatable bonds is 6.